The van der Waals surface area contributed by atoms with Gasteiger partial charge in [-0.2, -0.15) is 0 Å². The Morgan fingerprint density at radius 1 is 1.00 bits per heavy atom. The fourth-order valence-electron chi connectivity index (χ4n) is 2.27. The maximum absolute atomic E-state index is 12.3. The van der Waals surface area contributed by atoms with Gasteiger partial charge in [0, 0.05) is 10.0 Å². The van der Waals surface area contributed by atoms with Crippen molar-refractivity contribution < 1.29 is 4.79 Å². The van der Waals surface area contributed by atoms with Crippen LogP contribution in [0.15, 0.2) is 71.3 Å². The highest BCUT2D eigenvalue weighted by molar-refractivity contribution is 9.10. The van der Waals surface area contributed by atoms with Crippen LogP contribution in [0.2, 0.25) is 0 Å². The molecular formula is C19H16BrN3O. The van der Waals surface area contributed by atoms with Crippen molar-refractivity contribution >= 4 is 39.0 Å². The van der Waals surface area contributed by atoms with Crippen LogP contribution in [0.3, 0.4) is 0 Å². The lowest BCUT2D eigenvalue weighted by atomic mass is 10.1. The van der Waals surface area contributed by atoms with Crippen molar-refractivity contribution in [2.24, 2.45) is 0 Å². The first kappa shape index (κ1) is 16.2. The number of rotatable bonds is 4. The van der Waals surface area contributed by atoms with Crippen molar-refractivity contribution in [1.82, 2.24) is 4.98 Å². The number of hydrogen-bond acceptors (Lipinski definition) is 3. The highest BCUT2D eigenvalue weighted by Crippen LogP contribution is 2.24. The third kappa shape index (κ3) is 3.81. The summed E-state index contributed by atoms with van der Waals surface area (Å²) >= 11 is 3.49. The fourth-order valence-corrected chi connectivity index (χ4v) is 2.65. The Bertz CT molecular complexity index is 862. The van der Waals surface area contributed by atoms with Crippen LogP contribution in [0.5, 0.6) is 0 Å². The van der Waals surface area contributed by atoms with E-state index < -0.39 is 0 Å². The molecule has 3 aromatic rings. The first-order valence-corrected chi connectivity index (χ1v) is 8.27. The van der Waals surface area contributed by atoms with Gasteiger partial charge in [-0.15, -0.1) is 0 Å². The van der Waals surface area contributed by atoms with Crippen molar-refractivity contribution in [3.05, 3.63) is 82.5 Å². The molecule has 2 aromatic carbocycles. The molecule has 3 rings (SSSR count). The Morgan fingerprint density at radius 2 is 1.75 bits per heavy atom. The zero-order valence-corrected chi connectivity index (χ0v) is 14.7. The fraction of sp³-hybridized carbons (Fsp3) is 0.0526. The van der Waals surface area contributed by atoms with Crippen LogP contribution in [0.25, 0.3) is 0 Å². The Morgan fingerprint density at radius 3 is 2.46 bits per heavy atom. The molecule has 0 spiro atoms. The summed E-state index contributed by atoms with van der Waals surface area (Å²) in [5.41, 5.74) is 3.19. The number of aryl methyl sites for hydroxylation is 1. The number of carbonyl (C=O) groups is 1. The van der Waals surface area contributed by atoms with Crippen molar-refractivity contribution in [2.75, 3.05) is 10.6 Å². The minimum absolute atomic E-state index is 0.138. The van der Waals surface area contributed by atoms with Crippen LogP contribution in [-0.2, 0) is 0 Å². The van der Waals surface area contributed by atoms with Crippen LogP contribution in [0, 0.1) is 6.92 Å². The van der Waals surface area contributed by atoms with Gasteiger partial charge in [0.2, 0.25) is 0 Å². The average molecular weight is 382 g/mol. The smallest absolute Gasteiger partial charge is 0.255 e. The summed E-state index contributed by atoms with van der Waals surface area (Å²) in [4.78, 5) is 16.6. The van der Waals surface area contributed by atoms with Crippen molar-refractivity contribution in [3.63, 3.8) is 0 Å². The highest BCUT2D eigenvalue weighted by atomic mass is 79.9. The zero-order chi connectivity index (χ0) is 16.9. The molecule has 2 N–H and O–H groups in total. The molecule has 0 bridgehead atoms. The predicted molar refractivity (Wildman–Crippen MR) is 101 cm³/mol. The Balaban J connectivity index is 1.70. The van der Waals surface area contributed by atoms with Gasteiger partial charge in [-0.25, -0.2) is 4.98 Å². The summed E-state index contributed by atoms with van der Waals surface area (Å²) in [6, 6.07) is 18.9. The number of aromatic nitrogens is 1. The molecule has 0 radical (unpaired) electrons. The largest absolute Gasteiger partial charge is 0.339 e. The molecule has 0 atom stereocenters. The third-order valence-corrected chi connectivity index (χ3v) is 4.24. The topological polar surface area (TPSA) is 54.0 Å². The molecule has 1 heterocycles. The summed E-state index contributed by atoms with van der Waals surface area (Å²) in [6.07, 6.45) is 1.63. The molecule has 0 saturated carbocycles. The van der Waals surface area contributed by atoms with Crippen molar-refractivity contribution in [1.29, 1.82) is 0 Å². The lowest BCUT2D eigenvalue weighted by Gasteiger charge is -2.10. The number of benzene rings is 2. The van der Waals surface area contributed by atoms with E-state index in [1.165, 1.54) is 0 Å². The number of halogens is 1. The van der Waals surface area contributed by atoms with Gasteiger partial charge in [-0.1, -0.05) is 30.3 Å². The summed E-state index contributed by atoms with van der Waals surface area (Å²) in [5.74, 6) is 0.567. The normalized spacial score (nSPS) is 10.2. The summed E-state index contributed by atoms with van der Waals surface area (Å²) in [6.45, 7) is 1.91. The van der Waals surface area contributed by atoms with Gasteiger partial charge >= 0.3 is 0 Å². The van der Waals surface area contributed by atoms with Crippen LogP contribution >= 0.6 is 15.9 Å². The number of nitrogens with zero attached hydrogens (tertiary/aromatic N) is 1. The lowest BCUT2D eigenvalue weighted by molar-refractivity contribution is 0.102. The molecule has 5 heteroatoms. The van der Waals surface area contributed by atoms with Gasteiger partial charge < -0.3 is 10.6 Å². The molecule has 0 saturated heterocycles. The Hall–Kier alpha value is -2.66. The first-order chi connectivity index (χ1) is 11.6. The van der Waals surface area contributed by atoms with Crippen LogP contribution in [-0.4, -0.2) is 10.9 Å². The lowest BCUT2D eigenvalue weighted by Crippen LogP contribution is -2.13. The average Bonchev–Trinajstić information content (AvgIpc) is 2.59. The van der Waals surface area contributed by atoms with E-state index in [9.17, 15) is 4.79 Å². The second-order valence-electron chi connectivity index (χ2n) is 5.31. The Labute approximate surface area is 149 Å². The number of anilines is 3. The second-order valence-corrected chi connectivity index (χ2v) is 6.16. The number of carbonyl (C=O) groups excluding carboxylic acids is 1. The van der Waals surface area contributed by atoms with E-state index in [0.717, 1.165) is 15.7 Å². The molecule has 0 unspecified atom stereocenters. The SMILES string of the molecule is Cc1ccccc1C(=O)Nc1ccc(Nc2ccccc2Br)nc1. The number of nitrogens with one attached hydrogen (secondary N) is 2. The number of pyridine rings is 1. The second kappa shape index (κ2) is 7.27. The molecule has 1 aromatic heterocycles. The maximum Gasteiger partial charge on any atom is 0.255 e. The van der Waals surface area contributed by atoms with Crippen molar-refractivity contribution in [3.8, 4) is 0 Å². The summed E-state index contributed by atoms with van der Waals surface area (Å²) in [5, 5.41) is 6.09. The standard InChI is InChI=1S/C19H16BrN3O/c1-13-6-2-3-7-15(13)19(24)22-14-10-11-18(21-12-14)23-17-9-5-4-8-16(17)20/h2-12H,1H3,(H,21,23)(H,22,24). The van der Waals surface area contributed by atoms with Gasteiger partial charge in [0.15, 0.2) is 0 Å². The van der Waals surface area contributed by atoms with E-state index >= 15 is 0 Å². The molecular weight excluding hydrogens is 366 g/mol. The van der Waals surface area contributed by atoms with Crippen LogP contribution in [0.4, 0.5) is 17.2 Å². The van der Waals surface area contributed by atoms with Gasteiger partial charge in [0.05, 0.1) is 17.6 Å². The molecule has 4 nitrogen and oxygen atoms in total. The molecule has 0 aliphatic carbocycles. The molecule has 120 valence electrons. The molecule has 0 aliphatic rings. The minimum atomic E-state index is -0.138. The molecule has 24 heavy (non-hydrogen) atoms. The van der Waals surface area contributed by atoms with Gasteiger partial charge in [-0.3, -0.25) is 4.79 Å². The van der Waals surface area contributed by atoms with E-state index in [4.69, 9.17) is 0 Å². The van der Waals surface area contributed by atoms with E-state index in [1.807, 2.05) is 61.5 Å². The van der Waals surface area contributed by atoms with Crippen LogP contribution < -0.4 is 10.6 Å². The van der Waals surface area contributed by atoms with E-state index in [-0.39, 0.29) is 5.91 Å². The van der Waals surface area contributed by atoms with Gasteiger partial charge in [-0.05, 0) is 58.7 Å². The monoisotopic (exact) mass is 381 g/mol. The summed E-state index contributed by atoms with van der Waals surface area (Å²) < 4.78 is 0.962. The highest BCUT2D eigenvalue weighted by Gasteiger charge is 2.08. The number of amides is 1. The Kier molecular flexibility index (Phi) is 4.91. The van der Waals surface area contributed by atoms with E-state index in [2.05, 4.69) is 31.5 Å². The first-order valence-electron chi connectivity index (χ1n) is 7.48. The molecule has 0 fully saturated rings. The molecule has 1 amide bonds. The van der Waals surface area contributed by atoms with Crippen LogP contribution in [0.1, 0.15) is 15.9 Å². The van der Waals surface area contributed by atoms with Crippen molar-refractivity contribution in [2.45, 2.75) is 6.92 Å². The zero-order valence-electron chi connectivity index (χ0n) is 13.1. The third-order valence-electron chi connectivity index (χ3n) is 3.55. The quantitative estimate of drug-likeness (QED) is 0.656. The summed E-state index contributed by atoms with van der Waals surface area (Å²) in [7, 11) is 0. The number of para-hydroxylation sites is 1. The number of hydrogen-bond donors (Lipinski definition) is 2. The van der Waals surface area contributed by atoms with E-state index in [1.54, 1.807) is 12.3 Å². The molecule has 0 aliphatic heterocycles. The maximum atomic E-state index is 12.3. The van der Waals surface area contributed by atoms with Gasteiger partial charge in [0.25, 0.3) is 5.91 Å². The van der Waals surface area contributed by atoms with Gasteiger partial charge in [0.1, 0.15) is 5.82 Å². The minimum Gasteiger partial charge on any atom is -0.339 e. The van der Waals surface area contributed by atoms with E-state index in [0.29, 0.717) is 17.1 Å². The predicted octanol–water partition coefficient (Wildman–Crippen LogP) is 5.15.